The Kier molecular flexibility index (Phi) is 5.67. The number of aliphatic hydroxyl groups is 1. The number of urea groups is 1. The number of carbonyl (C=O) groups is 3. The molecule has 1 saturated carbocycles. The fraction of sp³-hybridized carbons (Fsp3) is 0.435. The van der Waals surface area contributed by atoms with E-state index in [4.69, 9.17) is 0 Å². The number of nitrogens with one attached hydrogen (secondary N) is 1. The van der Waals surface area contributed by atoms with Gasteiger partial charge in [-0.15, -0.1) is 11.3 Å². The van der Waals surface area contributed by atoms with Gasteiger partial charge < -0.3 is 10.4 Å². The van der Waals surface area contributed by atoms with Crippen molar-refractivity contribution in [1.82, 2.24) is 10.2 Å². The zero-order chi connectivity index (χ0) is 23.3. The van der Waals surface area contributed by atoms with Crippen molar-refractivity contribution >= 4 is 29.1 Å². The molecule has 2 N–H and O–H groups in total. The van der Waals surface area contributed by atoms with Gasteiger partial charge in [0.1, 0.15) is 5.54 Å². The summed E-state index contributed by atoms with van der Waals surface area (Å²) in [4.78, 5) is 40.7. The van der Waals surface area contributed by atoms with E-state index in [2.05, 4.69) is 5.32 Å². The van der Waals surface area contributed by atoms with E-state index >= 15 is 0 Å². The number of hydrogen-bond donors (Lipinski definition) is 2. The molecular weight excluding hydrogens is 438 g/mol. The summed E-state index contributed by atoms with van der Waals surface area (Å²) in [6.07, 6.45) is -1.23. The standard InChI is InChI=1S/C23H24F2N2O4S/c1-13-18(16-5-3-4-15(10-16)12-28)14(2)32-19(13)17(29)11-27-20(30)22(26-21(27)31)6-8-23(24,25)9-7-22/h3-5,10,28H,6-9,11-12H2,1-2H3,(H,26,31). The number of imide groups is 1. The average molecular weight is 463 g/mol. The fourth-order valence-corrected chi connectivity index (χ4v) is 5.70. The quantitative estimate of drug-likeness (QED) is 0.515. The van der Waals surface area contributed by atoms with Gasteiger partial charge >= 0.3 is 6.03 Å². The lowest BCUT2D eigenvalue weighted by molar-refractivity contribution is -0.135. The number of aryl methyl sites for hydroxylation is 1. The Hall–Kier alpha value is -2.65. The maximum Gasteiger partial charge on any atom is 0.325 e. The van der Waals surface area contributed by atoms with E-state index in [0.29, 0.717) is 4.88 Å². The second kappa shape index (κ2) is 8.04. The van der Waals surface area contributed by atoms with Gasteiger partial charge in [-0.05, 0) is 55.0 Å². The van der Waals surface area contributed by atoms with Gasteiger partial charge in [-0.3, -0.25) is 14.5 Å². The highest BCUT2D eigenvalue weighted by Crippen LogP contribution is 2.42. The Bertz CT molecular complexity index is 1100. The molecule has 0 unspecified atom stereocenters. The third-order valence-electron chi connectivity index (χ3n) is 6.36. The molecule has 1 spiro atoms. The molecule has 32 heavy (non-hydrogen) atoms. The topological polar surface area (TPSA) is 86.7 Å². The second-order valence-corrected chi connectivity index (χ2v) is 9.75. The minimum absolute atomic E-state index is 0.0955. The largest absolute Gasteiger partial charge is 0.392 e. The van der Waals surface area contributed by atoms with Crippen LogP contribution < -0.4 is 5.32 Å². The van der Waals surface area contributed by atoms with Crippen LogP contribution in [-0.4, -0.2) is 45.7 Å². The van der Waals surface area contributed by atoms with Crippen molar-refractivity contribution in [2.75, 3.05) is 6.54 Å². The zero-order valence-electron chi connectivity index (χ0n) is 17.8. The van der Waals surface area contributed by atoms with Crippen LogP contribution in [0.3, 0.4) is 0 Å². The van der Waals surface area contributed by atoms with Crippen LogP contribution in [0.15, 0.2) is 24.3 Å². The number of alkyl halides is 2. The van der Waals surface area contributed by atoms with Crippen LogP contribution in [0, 0.1) is 13.8 Å². The van der Waals surface area contributed by atoms with E-state index < -0.39 is 42.8 Å². The molecule has 6 nitrogen and oxygen atoms in total. The van der Waals surface area contributed by atoms with Gasteiger partial charge in [0, 0.05) is 17.7 Å². The molecule has 2 aliphatic rings. The van der Waals surface area contributed by atoms with Crippen LogP contribution in [0.5, 0.6) is 0 Å². The number of amides is 3. The Morgan fingerprint density at radius 3 is 2.53 bits per heavy atom. The molecule has 1 aromatic heterocycles. The minimum atomic E-state index is -2.84. The molecule has 2 aromatic rings. The molecule has 1 aliphatic heterocycles. The van der Waals surface area contributed by atoms with Gasteiger partial charge in [-0.2, -0.15) is 0 Å². The SMILES string of the molecule is Cc1sc(C(=O)CN2C(=O)NC3(CCC(F)(F)CC3)C2=O)c(C)c1-c1cccc(CO)c1. The number of aliphatic hydroxyl groups excluding tert-OH is 1. The maximum absolute atomic E-state index is 13.6. The van der Waals surface area contributed by atoms with Gasteiger partial charge in [0.15, 0.2) is 5.78 Å². The predicted octanol–water partition coefficient (Wildman–Crippen LogP) is 4.21. The van der Waals surface area contributed by atoms with Crippen LogP contribution in [-0.2, 0) is 11.4 Å². The van der Waals surface area contributed by atoms with Crippen LogP contribution in [0.2, 0.25) is 0 Å². The number of Topliss-reactive ketones (excluding diaryl/α,β-unsaturated/α-hetero) is 1. The van der Waals surface area contributed by atoms with Crippen LogP contribution in [0.4, 0.5) is 13.6 Å². The molecule has 2 fully saturated rings. The maximum atomic E-state index is 13.6. The molecule has 1 aliphatic carbocycles. The summed E-state index contributed by atoms with van der Waals surface area (Å²) in [6, 6.07) is 6.68. The molecule has 4 rings (SSSR count). The molecule has 170 valence electrons. The third kappa shape index (κ3) is 3.84. The number of halogens is 2. The lowest BCUT2D eigenvalue weighted by atomic mass is 9.80. The van der Waals surface area contributed by atoms with Crippen molar-refractivity contribution in [3.63, 3.8) is 0 Å². The number of ketones is 1. The van der Waals surface area contributed by atoms with Gasteiger partial charge in [-0.1, -0.05) is 18.2 Å². The summed E-state index contributed by atoms with van der Waals surface area (Å²) >= 11 is 1.29. The first-order valence-corrected chi connectivity index (χ1v) is 11.2. The van der Waals surface area contributed by atoms with Crippen LogP contribution >= 0.6 is 11.3 Å². The highest BCUT2D eigenvalue weighted by atomic mass is 32.1. The molecular formula is C23H24F2N2O4S. The third-order valence-corrected chi connectivity index (χ3v) is 7.61. The normalized spacial score (nSPS) is 19.5. The molecule has 1 aromatic carbocycles. The molecule has 9 heteroatoms. The Labute approximate surface area is 188 Å². The summed E-state index contributed by atoms with van der Waals surface area (Å²) in [7, 11) is 0. The highest BCUT2D eigenvalue weighted by Gasteiger charge is 2.55. The first-order valence-electron chi connectivity index (χ1n) is 10.4. The predicted molar refractivity (Wildman–Crippen MR) is 116 cm³/mol. The van der Waals surface area contributed by atoms with E-state index in [0.717, 1.165) is 32.0 Å². The lowest BCUT2D eigenvalue weighted by Gasteiger charge is -2.34. The minimum Gasteiger partial charge on any atom is -0.392 e. The van der Waals surface area contributed by atoms with Crippen molar-refractivity contribution in [3.05, 3.63) is 45.1 Å². The Morgan fingerprint density at radius 1 is 1.19 bits per heavy atom. The molecule has 0 bridgehead atoms. The molecule has 3 amide bonds. The smallest absolute Gasteiger partial charge is 0.325 e. The second-order valence-electron chi connectivity index (χ2n) is 8.53. The highest BCUT2D eigenvalue weighted by molar-refractivity contribution is 7.14. The lowest BCUT2D eigenvalue weighted by Crippen LogP contribution is -2.51. The number of carbonyl (C=O) groups excluding carboxylic acids is 3. The number of hydrogen-bond acceptors (Lipinski definition) is 5. The number of nitrogens with zero attached hydrogens (tertiary/aromatic N) is 1. The Morgan fingerprint density at radius 2 is 1.88 bits per heavy atom. The Balaban J connectivity index is 1.56. The molecule has 0 radical (unpaired) electrons. The van der Waals surface area contributed by atoms with Crippen LogP contribution in [0.25, 0.3) is 11.1 Å². The van der Waals surface area contributed by atoms with Crippen molar-refractivity contribution in [1.29, 1.82) is 0 Å². The van der Waals surface area contributed by atoms with E-state index in [1.807, 2.05) is 32.0 Å². The molecule has 2 heterocycles. The fourth-order valence-electron chi connectivity index (χ4n) is 4.59. The first kappa shape index (κ1) is 22.5. The zero-order valence-corrected chi connectivity index (χ0v) is 18.7. The number of rotatable bonds is 5. The summed E-state index contributed by atoms with van der Waals surface area (Å²) in [5.41, 5.74) is 1.92. The van der Waals surface area contributed by atoms with Gasteiger partial charge in [0.05, 0.1) is 18.0 Å². The molecule has 0 atom stereocenters. The van der Waals surface area contributed by atoms with Crippen LogP contribution in [0.1, 0.15) is 51.4 Å². The summed E-state index contributed by atoms with van der Waals surface area (Å²) in [5, 5.41) is 12.0. The van der Waals surface area contributed by atoms with Gasteiger partial charge in [-0.25, -0.2) is 13.6 Å². The van der Waals surface area contributed by atoms with Crippen molar-refractivity contribution < 1.29 is 28.3 Å². The van der Waals surface area contributed by atoms with Crippen molar-refractivity contribution in [2.45, 2.75) is 57.6 Å². The molecule has 1 saturated heterocycles. The monoisotopic (exact) mass is 462 g/mol. The average Bonchev–Trinajstić information content (AvgIpc) is 3.18. The van der Waals surface area contributed by atoms with E-state index in [1.54, 1.807) is 6.07 Å². The van der Waals surface area contributed by atoms with Crippen molar-refractivity contribution in [2.24, 2.45) is 0 Å². The summed E-state index contributed by atoms with van der Waals surface area (Å²) < 4.78 is 27.1. The van der Waals surface area contributed by atoms with E-state index in [9.17, 15) is 28.3 Å². The van der Waals surface area contributed by atoms with Gasteiger partial charge in [0.2, 0.25) is 5.92 Å². The number of benzene rings is 1. The van der Waals surface area contributed by atoms with Gasteiger partial charge in [0.25, 0.3) is 5.91 Å². The van der Waals surface area contributed by atoms with E-state index in [-0.39, 0.29) is 25.2 Å². The first-order chi connectivity index (χ1) is 15.1. The summed E-state index contributed by atoms with van der Waals surface area (Å²) in [5.74, 6) is -3.82. The van der Waals surface area contributed by atoms with E-state index in [1.165, 1.54) is 11.3 Å². The number of thiophene rings is 1. The summed E-state index contributed by atoms with van der Waals surface area (Å²) in [6.45, 7) is 3.18. The van der Waals surface area contributed by atoms with Crippen molar-refractivity contribution in [3.8, 4) is 11.1 Å².